The lowest BCUT2D eigenvalue weighted by atomic mass is 10.5. The molecule has 2 rings (SSSR count). The number of nitrogens with zero attached hydrogens (tertiary/aromatic N) is 3. The average Bonchev–Trinajstić information content (AvgIpc) is 2.46. The molecule has 0 saturated heterocycles. The molecule has 0 unspecified atom stereocenters. The van der Waals surface area contributed by atoms with Crippen LogP contribution in [-0.4, -0.2) is 19.5 Å². The van der Waals surface area contributed by atoms with Gasteiger partial charge in [0, 0.05) is 6.07 Å². The number of nitrogens with one attached hydrogen (secondary N) is 1. The fraction of sp³-hybridized carbons (Fsp3) is 0.125. The van der Waals surface area contributed by atoms with Gasteiger partial charge in [-0.25, -0.2) is 9.97 Å². The molecule has 2 aromatic heterocycles. The number of rotatable bonds is 1. The first-order valence-corrected chi connectivity index (χ1v) is 6.20. The van der Waals surface area contributed by atoms with Gasteiger partial charge in [-0.05, 0) is 52.1 Å². The molecule has 2 aromatic rings. The standard InChI is InChI=1S/C8H6I2N4O/c1-4-12-5(2-6(15)13-4)14-3-11-7(9)8(14)10/h2-3H,1H3,(H,12,13,15). The number of aromatic amines is 1. The second kappa shape index (κ2) is 4.20. The van der Waals surface area contributed by atoms with Crippen LogP contribution in [0.1, 0.15) is 5.82 Å². The van der Waals surface area contributed by atoms with E-state index in [-0.39, 0.29) is 5.56 Å². The van der Waals surface area contributed by atoms with E-state index in [0.29, 0.717) is 11.6 Å². The Hall–Kier alpha value is -0.450. The van der Waals surface area contributed by atoms with Gasteiger partial charge in [-0.15, -0.1) is 0 Å². The molecule has 1 N–H and O–H groups in total. The molecular formula is C8H6I2N4O. The highest BCUT2D eigenvalue weighted by Gasteiger charge is 2.08. The molecule has 0 bridgehead atoms. The average molecular weight is 428 g/mol. The molecule has 0 aliphatic rings. The second-order valence-corrected chi connectivity index (χ2v) is 4.93. The summed E-state index contributed by atoms with van der Waals surface area (Å²) in [6.07, 6.45) is 1.66. The number of aryl methyl sites for hydroxylation is 1. The zero-order valence-corrected chi connectivity index (χ0v) is 12.0. The van der Waals surface area contributed by atoms with Crippen molar-refractivity contribution < 1.29 is 0 Å². The molecule has 2 heterocycles. The summed E-state index contributed by atoms with van der Waals surface area (Å²) < 4.78 is 3.63. The maximum atomic E-state index is 11.3. The lowest BCUT2D eigenvalue weighted by Gasteiger charge is -2.02. The van der Waals surface area contributed by atoms with Crippen molar-refractivity contribution in [1.82, 2.24) is 19.5 Å². The van der Waals surface area contributed by atoms with Crippen molar-refractivity contribution in [2.24, 2.45) is 0 Å². The third kappa shape index (κ3) is 2.22. The van der Waals surface area contributed by atoms with Crippen LogP contribution < -0.4 is 5.56 Å². The predicted molar refractivity (Wildman–Crippen MR) is 72.2 cm³/mol. The molecule has 0 amide bonds. The van der Waals surface area contributed by atoms with Crippen molar-refractivity contribution in [3.63, 3.8) is 0 Å². The van der Waals surface area contributed by atoms with Crippen LogP contribution in [0.25, 0.3) is 5.82 Å². The molecule has 78 valence electrons. The Morgan fingerprint density at radius 3 is 2.73 bits per heavy atom. The molecule has 5 nitrogen and oxygen atoms in total. The number of H-pyrrole nitrogens is 1. The lowest BCUT2D eigenvalue weighted by molar-refractivity contribution is 0.908. The highest BCUT2D eigenvalue weighted by molar-refractivity contribution is 14.1. The van der Waals surface area contributed by atoms with Crippen LogP contribution in [0.4, 0.5) is 0 Å². The van der Waals surface area contributed by atoms with Crippen molar-refractivity contribution in [3.8, 4) is 5.82 Å². The summed E-state index contributed by atoms with van der Waals surface area (Å²) in [6.45, 7) is 1.75. The molecule has 0 aliphatic carbocycles. The van der Waals surface area contributed by atoms with Crippen LogP contribution in [0.2, 0.25) is 0 Å². The topological polar surface area (TPSA) is 63.6 Å². The van der Waals surface area contributed by atoms with Crippen molar-refractivity contribution in [2.45, 2.75) is 6.92 Å². The van der Waals surface area contributed by atoms with Crippen LogP contribution in [-0.2, 0) is 0 Å². The summed E-state index contributed by atoms with van der Waals surface area (Å²) in [7, 11) is 0. The molecule has 15 heavy (non-hydrogen) atoms. The third-order valence-corrected chi connectivity index (χ3v) is 4.61. The highest BCUT2D eigenvalue weighted by Crippen LogP contribution is 2.16. The minimum Gasteiger partial charge on any atom is -0.311 e. The maximum absolute atomic E-state index is 11.3. The molecule has 0 fully saturated rings. The first kappa shape index (κ1) is 11.0. The highest BCUT2D eigenvalue weighted by atomic mass is 127. The van der Waals surface area contributed by atoms with Gasteiger partial charge >= 0.3 is 0 Å². The Bertz CT molecular complexity index is 560. The van der Waals surface area contributed by atoms with Gasteiger partial charge in [-0.1, -0.05) is 0 Å². The Kier molecular flexibility index (Phi) is 3.09. The molecule has 0 atom stereocenters. The maximum Gasteiger partial charge on any atom is 0.253 e. The minimum absolute atomic E-state index is 0.156. The Labute approximate surface area is 113 Å². The SMILES string of the molecule is Cc1nc(-n2cnc(I)c2I)cc(=O)[nH]1. The monoisotopic (exact) mass is 428 g/mol. The normalized spacial score (nSPS) is 10.6. The van der Waals surface area contributed by atoms with Crippen molar-refractivity contribution in [3.05, 3.63) is 36.0 Å². The second-order valence-electron chi connectivity index (χ2n) is 2.89. The Morgan fingerprint density at radius 1 is 1.47 bits per heavy atom. The number of imidazole rings is 1. The lowest BCUT2D eigenvalue weighted by Crippen LogP contribution is -2.12. The molecule has 0 aliphatic heterocycles. The van der Waals surface area contributed by atoms with Gasteiger partial charge in [0.1, 0.15) is 25.4 Å². The molecule has 0 aromatic carbocycles. The first-order valence-electron chi connectivity index (χ1n) is 4.04. The van der Waals surface area contributed by atoms with E-state index in [0.717, 1.165) is 7.40 Å². The fourth-order valence-electron chi connectivity index (χ4n) is 1.16. The molecule has 0 radical (unpaired) electrons. The van der Waals surface area contributed by atoms with Gasteiger partial charge in [0.2, 0.25) is 0 Å². The summed E-state index contributed by atoms with van der Waals surface area (Å²) in [6, 6.07) is 1.45. The van der Waals surface area contributed by atoms with Crippen LogP contribution in [0.15, 0.2) is 17.2 Å². The van der Waals surface area contributed by atoms with Crippen LogP contribution >= 0.6 is 45.2 Å². The van der Waals surface area contributed by atoms with E-state index in [1.807, 2.05) is 0 Å². The van der Waals surface area contributed by atoms with Crippen molar-refractivity contribution in [1.29, 1.82) is 0 Å². The van der Waals surface area contributed by atoms with Crippen LogP contribution in [0.5, 0.6) is 0 Å². The summed E-state index contributed by atoms with van der Waals surface area (Å²) >= 11 is 4.30. The van der Waals surface area contributed by atoms with E-state index in [1.165, 1.54) is 6.07 Å². The van der Waals surface area contributed by atoms with E-state index in [9.17, 15) is 4.79 Å². The van der Waals surface area contributed by atoms with Gasteiger partial charge < -0.3 is 4.98 Å². The van der Waals surface area contributed by atoms with Crippen molar-refractivity contribution >= 4 is 45.2 Å². The first-order chi connectivity index (χ1) is 7.08. The largest absolute Gasteiger partial charge is 0.311 e. The quantitative estimate of drug-likeness (QED) is 0.701. The van der Waals surface area contributed by atoms with Crippen molar-refractivity contribution in [2.75, 3.05) is 0 Å². The van der Waals surface area contributed by atoms with E-state index in [4.69, 9.17) is 0 Å². The Morgan fingerprint density at radius 2 is 2.20 bits per heavy atom. The summed E-state index contributed by atoms with van der Waals surface area (Å²) in [5, 5.41) is 0. The third-order valence-electron chi connectivity index (χ3n) is 1.76. The minimum atomic E-state index is -0.156. The van der Waals surface area contributed by atoms with Gasteiger partial charge in [-0.2, -0.15) is 0 Å². The Balaban J connectivity index is 2.64. The zero-order chi connectivity index (χ0) is 11.0. The molecular weight excluding hydrogens is 422 g/mol. The van der Waals surface area contributed by atoms with E-state index in [1.54, 1.807) is 17.8 Å². The van der Waals surface area contributed by atoms with Crippen LogP contribution in [0.3, 0.4) is 0 Å². The van der Waals surface area contributed by atoms with E-state index >= 15 is 0 Å². The van der Waals surface area contributed by atoms with Gasteiger partial charge in [-0.3, -0.25) is 9.36 Å². The number of hydrogen-bond donors (Lipinski definition) is 1. The molecule has 7 heteroatoms. The molecule has 0 saturated carbocycles. The summed E-state index contributed by atoms with van der Waals surface area (Å²) in [4.78, 5) is 22.3. The fourth-order valence-corrected chi connectivity index (χ4v) is 2.05. The van der Waals surface area contributed by atoms with Gasteiger partial charge in [0.05, 0.1) is 0 Å². The van der Waals surface area contributed by atoms with Gasteiger partial charge in [0.25, 0.3) is 5.56 Å². The summed E-state index contributed by atoms with van der Waals surface area (Å²) in [5.74, 6) is 1.19. The smallest absolute Gasteiger partial charge is 0.253 e. The zero-order valence-electron chi connectivity index (χ0n) is 7.66. The predicted octanol–water partition coefficient (Wildman–Crippen LogP) is 1.47. The van der Waals surface area contributed by atoms with Gasteiger partial charge in [0.15, 0.2) is 0 Å². The van der Waals surface area contributed by atoms with E-state index in [2.05, 4.69) is 60.1 Å². The molecule has 0 spiro atoms. The van der Waals surface area contributed by atoms with E-state index < -0.39 is 0 Å². The summed E-state index contributed by atoms with van der Waals surface area (Å²) in [5.41, 5.74) is -0.156. The number of aromatic nitrogens is 4. The number of halogens is 2. The van der Waals surface area contributed by atoms with Crippen LogP contribution in [0, 0.1) is 14.3 Å². The number of hydrogen-bond acceptors (Lipinski definition) is 3.